The predicted molar refractivity (Wildman–Crippen MR) is 105 cm³/mol. The van der Waals surface area contributed by atoms with Gasteiger partial charge in [0.2, 0.25) is 0 Å². The maximum Gasteiger partial charge on any atom is 0.288 e. The molecule has 0 fully saturated rings. The third-order valence-electron chi connectivity index (χ3n) is 3.89. The van der Waals surface area contributed by atoms with Crippen LogP contribution in [-0.4, -0.2) is 21.0 Å². The number of amides is 1. The number of alkyl halides is 2. The molecule has 0 saturated carbocycles. The van der Waals surface area contributed by atoms with Crippen molar-refractivity contribution in [3.63, 3.8) is 0 Å². The molecule has 27 heavy (non-hydrogen) atoms. The number of halogens is 2. The number of hydrogen-bond donors (Lipinski definition) is 1. The Morgan fingerprint density at radius 2 is 1.93 bits per heavy atom. The Kier molecular flexibility index (Phi) is 4.91. The van der Waals surface area contributed by atoms with Crippen LogP contribution in [0.4, 0.5) is 14.5 Å². The summed E-state index contributed by atoms with van der Waals surface area (Å²) in [4.78, 5) is 18.4. The van der Waals surface area contributed by atoms with Gasteiger partial charge in [0.15, 0.2) is 4.96 Å². The number of rotatable bonds is 5. The van der Waals surface area contributed by atoms with Gasteiger partial charge >= 0.3 is 0 Å². The van der Waals surface area contributed by atoms with Gasteiger partial charge in [-0.1, -0.05) is 42.1 Å². The lowest BCUT2D eigenvalue weighted by Gasteiger charge is -2.12. The van der Waals surface area contributed by atoms with Gasteiger partial charge in [-0.3, -0.25) is 9.20 Å². The number of imidazole rings is 1. The summed E-state index contributed by atoms with van der Waals surface area (Å²) < 4.78 is 27.4. The first kappa shape index (κ1) is 17.7. The Labute approximate surface area is 161 Å². The van der Waals surface area contributed by atoms with E-state index in [9.17, 15) is 13.6 Å². The van der Waals surface area contributed by atoms with Crippen molar-refractivity contribution in [3.05, 3.63) is 71.9 Å². The molecule has 0 aliphatic carbocycles. The van der Waals surface area contributed by atoms with E-state index in [2.05, 4.69) is 10.3 Å². The summed E-state index contributed by atoms with van der Waals surface area (Å²) in [7, 11) is 0. The molecule has 2 aromatic heterocycles. The quantitative estimate of drug-likeness (QED) is 0.441. The van der Waals surface area contributed by atoms with Gasteiger partial charge in [0.1, 0.15) is 0 Å². The van der Waals surface area contributed by atoms with Crippen LogP contribution in [0.1, 0.15) is 10.4 Å². The molecule has 1 N–H and O–H groups in total. The summed E-state index contributed by atoms with van der Waals surface area (Å²) in [5.74, 6) is -3.03. The number of thioether (sulfide) groups is 1. The SMILES string of the molecule is O=C(Nc1ccccc1-c1cn2ccsc2n1)c1ccccc1SC(F)F. The van der Waals surface area contributed by atoms with Crippen molar-refractivity contribution < 1.29 is 13.6 Å². The van der Waals surface area contributed by atoms with Crippen molar-refractivity contribution in [2.75, 3.05) is 5.32 Å². The lowest BCUT2D eigenvalue weighted by molar-refractivity contribution is 0.102. The third kappa shape index (κ3) is 3.72. The minimum Gasteiger partial charge on any atom is -0.321 e. The average molecular weight is 401 g/mol. The van der Waals surface area contributed by atoms with E-state index in [1.807, 2.05) is 34.3 Å². The van der Waals surface area contributed by atoms with E-state index in [1.165, 1.54) is 23.5 Å². The normalized spacial score (nSPS) is 11.2. The van der Waals surface area contributed by atoms with Crippen LogP contribution in [0.15, 0.2) is 71.2 Å². The molecule has 0 saturated heterocycles. The van der Waals surface area contributed by atoms with Gasteiger partial charge in [0.25, 0.3) is 11.7 Å². The third-order valence-corrected chi connectivity index (χ3v) is 5.45. The first-order valence-corrected chi connectivity index (χ1v) is 9.74. The van der Waals surface area contributed by atoms with Gasteiger partial charge < -0.3 is 5.32 Å². The zero-order valence-electron chi connectivity index (χ0n) is 13.8. The maximum atomic E-state index is 12.8. The summed E-state index contributed by atoms with van der Waals surface area (Å²) in [5, 5.41) is 4.77. The second-order valence-corrected chi connectivity index (χ2v) is 7.50. The van der Waals surface area contributed by atoms with Crippen LogP contribution in [-0.2, 0) is 0 Å². The molecule has 2 heterocycles. The first-order chi connectivity index (χ1) is 13.1. The highest BCUT2D eigenvalue weighted by Gasteiger charge is 2.17. The van der Waals surface area contributed by atoms with Crippen molar-refractivity contribution in [2.45, 2.75) is 10.7 Å². The van der Waals surface area contributed by atoms with Gasteiger partial charge in [0, 0.05) is 28.2 Å². The van der Waals surface area contributed by atoms with Gasteiger partial charge in [-0.15, -0.1) is 11.3 Å². The van der Waals surface area contributed by atoms with Crippen LogP contribution in [0.3, 0.4) is 0 Å². The van der Waals surface area contributed by atoms with Crippen LogP contribution in [0.25, 0.3) is 16.2 Å². The van der Waals surface area contributed by atoms with Gasteiger partial charge in [0.05, 0.1) is 16.9 Å². The molecule has 136 valence electrons. The highest BCUT2D eigenvalue weighted by molar-refractivity contribution is 7.99. The van der Waals surface area contributed by atoms with Crippen LogP contribution in [0.2, 0.25) is 0 Å². The van der Waals surface area contributed by atoms with Crippen LogP contribution in [0.5, 0.6) is 0 Å². The number of para-hydroxylation sites is 1. The second-order valence-electron chi connectivity index (χ2n) is 5.59. The summed E-state index contributed by atoms with van der Waals surface area (Å²) >= 11 is 1.88. The molecule has 4 rings (SSSR count). The lowest BCUT2D eigenvalue weighted by atomic mass is 10.1. The minimum absolute atomic E-state index is 0.212. The molecule has 4 nitrogen and oxygen atoms in total. The molecule has 1 amide bonds. The summed E-state index contributed by atoms with van der Waals surface area (Å²) in [6, 6.07) is 13.6. The van der Waals surface area contributed by atoms with E-state index >= 15 is 0 Å². The van der Waals surface area contributed by atoms with Crippen LogP contribution >= 0.6 is 23.1 Å². The average Bonchev–Trinajstić information content (AvgIpc) is 3.24. The Morgan fingerprint density at radius 3 is 2.74 bits per heavy atom. The number of carbonyl (C=O) groups excluding carboxylic acids is 1. The fraction of sp³-hybridized carbons (Fsp3) is 0.0526. The Bertz CT molecular complexity index is 1080. The second kappa shape index (κ2) is 7.50. The number of hydrogen-bond acceptors (Lipinski definition) is 4. The van der Waals surface area contributed by atoms with Gasteiger partial charge in [-0.05, 0) is 18.2 Å². The lowest BCUT2D eigenvalue weighted by Crippen LogP contribution is -2.14. The monoisotopic (exact) mass is 401 g/mol. The molecular formula is C19H13F2N3OS2. The molecule has 0 atom stereocenters. The topological polar surface area (TPSA) is 46.4 Å². The molecule has 8 heteroatoms. The molecule has 0 aliphatic rings. The molecule has 0 spiro atoms. The number of nitrogens with zero attached hydrogens (tertiary/aromatic N) is 2. The first-order valence-electron chi connectivity index (χ1n) is 7.98. The fourth-order valence-corrected chi connectivity index (χ4v) is 4.05. The Hall–Kier alpha value is -2.71. The van der Waals surface area contributed by atoms with Gasteiger partial charge in [-0.25, -0.2) is 4.98 Å². The van der Waals surface area contributed by atoms with E-state index in [1.54, 1.807) is 24.3 Å². The van der Waals surface area contributed by atoms with E-state index in [-0.39, 0.29) is 10.5 Å². The molecule has 2 aromatic carbocycles. The molecular weight excluding hydrogens is 388 g/mol. The van der Waals surface area contributed by atoms with E-state index < -0.39 is 11.7 Å². The number of thiazole rings is 1. The van der Waals surface area contributed by atoms with Crippen LogP contribution in [0, 0.1) is 0 Å². The highest BCUT2D eigenvalue weighted by atomic mass is 32.2. The van der Waals surface area contributed by atoms with Gasteiger partial charge in [-0.2, -0.15) is 8.78 Å². The molecule has 0 aliphatic heterocycles. The minimum atomic E-state index is -2.59. The summed E-state index contributed by atoms with van der Waals surface area (Å²) in [6.07, 6.45) is 3.80. The Balaban J connectivity index is 1.66. The van der Waals surface area contributed by atoms with Crippen LogP contribution < -0.4 is 5.32 Å². The predicted octanol–water partition coefficient (Wildman–Crippen LogP) is 5.63. The molecule has 4 aromatic rings. The Morgan fingerprint density at radius 1 is 1.15 bits per heavy atom. The van der Waals surface area contributed by atoms with E-state index in [0.717, 1.165) is 16.2 Å². The largest absolute Gasteiger partial charge is 0.321 e. The highest BCUT2D eigenvalue weighted by Crippen LogP contribution is 2.31. The van der Waals surface area contributed by atoms with E-state index in [4.69, 9.17) is 0 Å². The van der Waals surface area contributed by atoms with Crippen molar-refractivity contribution in [2.24, 2.45) is 0 Å². The van der Waals surface area contributed by atoms with Crippen molar-refractivity contribution in [1.82, 2.24) is 9.38 Å². The number of fused-ring (bicyclic) bond motifs is 1. The van der Waals surface area contributed by atoms with Crippen molar-refractivity contribution in [1.29, 1.82) is 0 Å². The number of nitrogens with one attached hydrogen (secondary N) is 1. The number of anilines is 1. The molecule has 0 bridgehead atoms. The number of carbonyl (C=O) groups is 1. The summed E-state index contributed by atoms with van der Waals surface area (Å²) in [6.45, 7) is 0. The van der Waals surface area contributed by atoms with Crippen molar-refractivity contribution in [3.8, 4) is 11.3 Å². The molecule has 0 unspecified atom stereocenters. The smallest absolute Gasteiger partial charge is 0.288 e. The summed E-state index contributed by atoms with van der Waals surface area (Å²) in [5.41, 5.74) is 2.28. The zero-order chi connectivity index (χ0) is 18.8. The maximum absolute atomic E-state index is 12.8. The van der Waals surface area contributed by atoms with Crippen molar-refractivity contribution >= 4 is 39.7 Å². The number of benzene rings is 2. The zero-order valence-corrected chi connectivity index (χ0v) is 15.4. The molecule has 0 radical (unpaired) electrons. The number of aromatic nitrogens is 2. The standard InChI is InChI=1S/C19H13F2N3OS2/c20-18(21)27-16-8-4-2-6-13(16)17(25)22-14-7-3-1-5-12(14)15-11-24-9-10-26-19(24)23-15/h1-11,18H,(H,22,25). The van der Waals surface area contributed by atoms with E-state index in [0.29, 0.717) is 17.4 Å². The fourth-order valence-electron chi connectivity index (χ4n) is 2.72.